The average molecular weight is 876 g/mol. The van der Waals surface area contributed by atoms with Crippen LogP contribution in [0.5, 0.6) is 5.75 Å². The first-order valence-corrected chi connectivity index (χ1v) is 17.5. The van der Waals surface area contributed by atoms with Crippen molar-refractivity contribution >= 4 is 33.0 Å². The van der Waals surface area contributed by atoms with E-state index in [4.69, 9.17) is 14.4 Å². The van der Waals surface area contributed by atoms with Crippen LogP contribution in [0.25, 0.3) is 94.7 Å². The Bertz CT molecular complexity index is 2950. The molecule has 260 valence electrons. The van der Waals surface area contributed by atoms with Crippen LogP contribution in [0.15, 0.2) is 180 Å². The molecule has 10 rings (SSSR count). The van der Waals surface area contributed by atoms with Gasteiger partial charge in [0.05, 0.1) is 16.6 Å². The van der Waals surface area contributed by atoms with Crippen molar-refractivity contribution in [3.63, 3.8) is 0 Å². The Morgan fingerprint density at radius 1 is 0.537 bits per heavy atom. The van der Waals surface area contributed by atoms with E-state index in [9.17, 15) is 5.11 Å². The molecule has 0 amide bonds. The van der Waals surface area contributed by atoms with E-state index in [1.807, 2.05) is 85.1 Å². The number of fused-ring (bicyclic) bond motifs is 4. The first-order valence-electron chi connectivity index (χ1n) is 17.5. The molecular formula is C48H30N3O2Pt-. The van der Waals surface area contributed by atoms with E-state index in [-0.39, 0.29) is 26.8 Å². The number of phenols is 1. The van der Waals surface area contributed by atoms with Crippen LogP contribution in [0.2, 0.25) is 0 Å². The molecule has 3 aromatic heterocycles. The molecule has 0 saturated carbocycles. The fourth-order valence-electron chi connectivity index (χ4n) is 7.31. The number of hydrogen-bond donors (Lipinski definition) is 1. The molecule has 0 aliphatic rings. The number of furan rings is 1. The Balaban J connectivity index is 0.00000384. The Kier molecular flexibility index (Phi) is 8.49. The van der Waals surface area contributed by atoms with Crippen molar-refractivity contribution in [3.05, 3.63) is 182 Å². The van der Waals surface area contributed by atoms with Crippen LogP contribution in [0.1, 0.15) is 0 Å². The number of para-hydroxylation sites is 3. The van der Waals surface area contributed by atoms with E-state index in [1.165, 1.54) is 0 Å². The van der Waals surface area contributed by atoms with E-state index in [0.29, 0.717) is 17.0 Å². The molecule has 5 nitrogen and oxygen atoms in total. The third-order valence-corrected chi connectivity index (χ3v) is 9.84. The van der Waals surface area contributed by atoms with Crippen molar-refractivity contribution in [2.24, 2.45) is 0 Å². The van der Waals surface area contributed by atoms with Crippen molar-refractivity contribution in [2.45, 2.75) is 0 Å². The van der Waals surface area contributed by atoms with Gasteiger partial charge in [0.15, 0.2) is 0 Å². The zero-order valence-electron chi connectivity index (χ0n) is 28.8. The number of phenolic OH excluding ortho intramolecular Hbond substituents is 1. The third-order valence-electron chi connectivity index (χ3n) is 9.84. The minimum atomic E-state index is 0. The minimum absolute atomic E-state index is 0. The number of pyridine rings is 1. The summed E-state index contributed by atoms with van der Waals surface area (Å²) in [5, 5.41) is 13.5. The molecule has 0 unspecified atom stereocenters. The maximum absolute atomic E-state index is 11.6. The summed E-state index contributed by atoms with van der Waals surface area (Å²) in [4.78, 5) is 10.2. The Hall–Kier alpha value is -6.55. The van der Waals surface area contributed by atoms with Crippen molar-refractivity contribution in [1.29, 1.82) is 0 Å². The molecule has 0 aliphatic carbocycles. The van der Waals surface area contributed by atoms with E-state index in [2.05, 4.69) is 95.6 Å². The van der Waals surface area contributed by atoms with Gasteiger partial charge < -0.3 is 9.52 Å². The van der Waals surface area contributed by atoms with Gasteiger partial charge >= 0.3 is 0 Å². The fraction of sp³-hybridized carbons (Fsp3) is 0. The van der Waals surface area contributed by atoms with Crippen molar-refractivity contribution in [3.8, 4) is 67.5 Å². The van der Waals surface area contributed by atoms with Crippen LogP contribution in [0.3, 0.4) is 0 Å². The quantitative estimate of drug-likeness (QED) is 0.169. The van der Waals surface area contributed by atoms with E-state index in [0.717, 1.165) is 77.7 Å². The Morgan fingerprint density at radius 3 is 2.00 bits per heavy atom. The SMILES string of the molecule is Oc1cc2oc3ccccc3c2cc1-c1nc2c(-c3[c-]c(-c4cc(-c5ccccc5)ccn4)cc(-c4ccccc4)c3)cccc2n1-c1ccccc1.[Pt]. The molecule has 54 heavy (non-hydrogen) atoms. The van der Waals surface area contributed by atoms with E-state index in [1.54, 1.807) is 6.07 Å². The van der Waals surface area contributed by atoms with Crippen LogP contribution >= 0.6 is 0 Å². The maximum atomic E-state index is 11.6. The zero-order valence-corrected chi connectivity index (χ0v) is 31.0. The number of aromatic hydroxyl groups is 1. The molecule has 10 aromatic rings. The number of nitrogens with zero attached hydrogens (tertiary/aromatic N) is 3. The van der Waals surface area contributed by atoms with Crippen LogP contribution < -0.4 is 0 Å². The van der Waals surface area contributed by atoms with Gasteiger partial charge in [-0.15, -0.1) is 23.8 Å². The number of hydrogen-bond acceptors (Lipinski definition) is 4. The molecule has 0 atom stereocenters. The minimum Gasteiger partial charge on any atom is -0.507 e. The van der Waals surface area contributed by atoms with Crippen molar-refractivity contribution in [1.82, 2.24) is 14.5 Å². The van der Waals surface area contributed by atoms with Gasteiger partial charge in [0.1, 0.15) is 22.7 Å². The predicted molar refractivity (Wildman–Crippen MR) is 214 cm³/mol. The number of imidazole rings is 1. The van der Waals surface area contributed by atoms with Crippen LogP contribution in [0, 0.1) is 6.07 Å². The molecule has 0 fully saturated rings. The summed E-state index contributed by atoms with van der Waals surface area (Å²) < 4.78 is 8.23. The van der Waals surface area contributed by atoms with Gasteiger partial charge in [0.25, 0.3) is 0 Å². The van der Waals surface area contributed by atoms with Gasteiger partial charge in [0.2, 0.25) is 0 Å². The van der Waals surface area contributed by atoms with Crippen LogP contribution in [-0.4, -0.2) is 19.6 Å². The van der Waals surface area contributed by atoms with Gasteiger partial charge in [-0.2, -0.15) is 0 Å². The van der Waals surface area contributed by atoms with Crippen molar-refractivity contribution < 1.29 is 30.6 Å². The molecule has 0 bridgehead atoms. The summed E-state index contributed by atoms with van der Waals surface area (Å²) >= 11 is 0. The summed E-state index contributed by atoms with van der Waals surface area (Å²) in [5.41, 5.74) is 12.5. The fourth-order valence-corrected chi connectivity index (χ4v) is 7.31. The normalized spacial score (nSPS) is 11.3. The first kappa shape index (κ1) is 33.3. The summed E-state index contributed by atoms with van der Waals surface area (Å²) in [6, 6.07) is 61.0. The molecule has 0 aliphatic heterocycles. The number of rotatable bonds is 6. The summed E-state index contributed by atoms with van der Waals surface area (Å²) in [6.07, 6.45) is 1.86. The number of benzene rings is 7. The maximum Gasteiger partial charge on any atom is 0.148 e. The molecule has 1 N–H and O–H groups in total. The second kappa shape index (κ2) is 13.8. The van der Waals surface area contributed by atoms with Crippen LogP contribution in [-0.2, 0) is 21.1 Å². The molecular weight excluding hydrogens is 846 g/mol. The third kappa shape index (κ3) is 5.80. The molecule has 0 radical (unpaired) electrons. The molecule has 6 heteroatoms. The van der Waals surface area contributed by atoms with Gasteiger partial charge in [-0.25, -0.2) is 4.98 Å². The smallest absolute Gasteiger partial charge is 0.148 e. The summed E-state index contributed by atoms with van der Waals surface area (Å²) in [5.74, 6) is 0.717. The second-order valence-electron chi connectivity index (χ2n) is 13.1. The standard InChI is InChI=1S/C48H30N3O2.Pt/c52-44-30-46-40(39-19-10-11-22-45(39)53-46)29-41(44)48-50-47-38(20-12-21-43(47)51(48)37-17-8-3-9-18-37)35-25-34(32-15-6-2-7-16-32)26-36(27-35)42-28-33(23-24-49-42)31-13-4-1-5-14-31;/h1-26,28-30,52H;/q-1;. The predicted octanol–water partition coefficient (Wildman–Crippen LogP) is 12.2. The Morgan fingerprint density at radius 2 is 1.22 bits per heavy atom. The molecule has 0 saturated heterocycles. The first-order chi connectivity index (χ1) is 26.2. The largest absolute Gasteiger partial charge is 0.507 e. The van der Waals surface area contributed by atoms with E-state index >= 15 is 0 Å². The monoisotopic (exact) mass is 875 g/mol. The summed E-state index contributed by atoms with van der Waals surface area (Å²) in [6.45, 7) is 0. The van der Waals surface area contributed by atoms with Gasteiger partial charge in [-0.05, 0) is 53.1 Å². The Labute approximate surface area is 326 Å². The van der Waals surface area contributed by atoms with Gasteiger partial charge in [-0.3, -0.25) is 9.55 Å². The summed E-state index contributed by atoms with van der Waals surface area (Å²) in [7, 11) is 0. The van der Waals surface area contributed by atoms with Crippen molar-refractivity contribution in [2.75, 3.05) is 0 Å². The molecule has 3 heterocycles. The van der Waals surface area contributed by atoms with Crippen LogP contribution in [0.4, 0.5) is 0 Å². The molecule has 7 aromatic carbocycles. The van der Waals surface area contributed by atoms with Gasteiger partial charge in [-0.1, -0.05) is 132 Å². The average Bonchev–Trinajstić information content (AvgIpc) is 3.79. The number of aromatic nitrogens is 3. The molecule has 0 spiro atoms. The van der Waals surface area contributed by atoms with E-state index < -0.39 is 0 Å². The topological polar surface area (TPSA) is 64.1 Å². The zero-order chi connectivity index (χ0) is 35.3. The second-order valence-corrected chi connectivity index (χ2v) is 13.1. The van der Waals surface area contributed by atoms with Gasteiger partial charge in [0, 0.05) is 55.5 Å².